The fourth-order valence-electron chi connectivity index (χ4n) is 2.31. The summed E-state index contributed by atoms with van der Waals surface area (Å²) in [7, 11) is 0. The molecule has 2 aromatic rings. The maximum atomic E-state index is 11.9. The number of nitrogens with zero attached hydrogens (tertiary/aromatic N) is 2. The largest absolute Gasteiger partial charge is 0.462 e. The SMILES string of the molecule is Cc1nn(Cc2ccc(Cl)cc2)c(Cl)c1/C=C/C(=O)NCC(=O)OC(C)C. The number of carbonyl (C=O) groups is 2. The van der Waals surface area contributed by atoms with Gasteiger partial charge in [-0.15, -0.1) is 0 Å². The van der Waals surface area contributed by atoms with E-state index in [0.29, 0.717) is 28.0 Å². The van der Waals surface area contributed by atoms with Crippen LogP contribution in [0.3, 0.4) is 0 Å². The Balaban J connectivity index is 2.01. The quantitative estimate of drug-likeness (QED) is 0.559. The smallest absolute Gasteiger partial charge is 0.325 e. The highest BCUT2D eigenvalue weighted by atomic mass is 35.5. The monoisotopic (exact) mass is 409 g/mol. The molecule has 0 atom stereocenters. The lowest BCUT2D eigenvalue weighted by molar-refractivity contribution is -0.147. The van der Waals surface area contributed by atoms with E-state index in [4.69, 9.17) is 27.9 Å². The number of amides is 1. The first-order valence-electron chi connectivity index (χ1n) is 8.39. The van der Waals surface area contributed by atoms with Crippen LogP contribution in [0.4, 0.5) is 0 Å². The lowest BCUT2D eigenvalue weighted by Crippen LogP contribution is -2.30. The summed E-state index contributed by atoms with van der Waals surface area (Å²) >= 11 is 12.3. The zero-order chi connectivity index (χ0) is 20.0. The van der Waals surface area contributed by atoms with Gasteiger partial charge in [0.05, 0.1) is 18.3 Å². The molecule has 1 heterocycles. The molecule has 8 heteroatoms. The number of benzene rings is 1. The van der Waals surface area contributed by atoms with Gasteiger partial charge in [0, 0.05) is 16.7 Å². The Bertz CT molecular complexity index is 843. The van der Waals surface area contributed by atoms with Gasteiger partial charge in [0.1, 0.15) is 11.7 Å². The summed E-state index contributed by atoms with van der Waals surface area (Å²) in [5.74, 6) is -0.909. The van der Waals surface area contributed by atoms with Crippen molar-refractivity contribution in [2.45, 2.75) is 33.4 Å². The lowest BCUT2D eigenvalue weighted by atomic mass is 10.2. The summed E-state index contributed by atoms with van der Waals surface area (Å²) < 4.78 is 6.60. The summed E-state index contributed by atoms with van der Waals surface area (Å²) in [6, 6.07) is 7.40. The third kappa shape index (κ3) is 6.41. The highest BCUT2D eigenvalue weighted by Gasteiger charge is 2.12. The van der Waals surface area contributed by atoms with Crippen LogP contribution in [-0.4, -0.2) is 34.3 Å². The Morgan fingerprint density at radius 1 is 1.26 bits per heavy atom. The summed E-state index contributed by atoms with van der Waals surface area (Å²) in [5, 5.41) is 7.96. The zero-order valence-corrected chi connectivity index (χ0v) is 16.8. The minimum Gasteiger partial charge on any atom is -0.462 e. The van der Waals surface area contributed by atoms with Crippen LogP contribution in [0, 0.1) is 6.92 Å². The van der Waals surface area contributed by atoms with Crippen LogP contribution in [0.1, 0.15) is 30.7 Å². The maximum Gasteiger partial charge on any atom is 0.325 e. The average Bonchev–Trinajstić information content (AvgIpc) is 2.86. The minimum atomic E-state index is -0.489. The molecular weight excluding hydrogens is 389 g/mol. The van der Waals surface area contributed by atoms with Crippen molar-refractivity contribution in [2.24, 2.45) is 0 Å². The normalized spacial score (nSPS) is 11.2. The molecule has 6 nitrogen and oxygen atoms in total. The first kappa shape index (κ1) is 21.0. The number of halogens is 2. The number of aryl methyl sites for hydroxylation is 1. The molecule has 0 saturated carbocycles. The first-order chi connectivity index (χ1) is 12.8. The molecule has 2 rings (SSSR count). The molecule has 1 N–H and O–H groups in total. The Kier molecular flexibility index (Phi) is 7.45. The molecule has 0 saturated heterocycles. The predicted molar refractivity (Wildman–Crippen MR) is 106 cm³/mol. The Hall–Kier alpha value is -2.31. The van der Waals surface area contributed by atoms with Gasteiger partial charge in [-0.25, -0.2) is 4.68 Å². The summed E-state index contributed by atoms with van der Waals surface area (Å²) in [6.45, 7) is 5.59. The fourth-order valence-corrected chi connectivity index (χ4v) is 2.73. The molecule has 0 aliphatic heterocycles. The lowest BCUT2D eigenvalue weighted by Gasteiger charge is -2.07. The van der Waals surface area contributed by atoms with Crippen LogP contribution in [0.5, 0.6) is 0 Å². The van der Waals surface area contributed by atoms with E-state index in [-0.39, 0.29) is 12.6 Å². The van der Waals surface area contributed by atoms with Gasteiger partial charge in [0.2, 0.25) is 5.91 Å². The molecule has 0 spiro atoms. The van der Waals surface area contributed by atoms with Gasteiger partial charge in [0.25, 0.3) is 0 Å². The topological polar surface area (TPSA) is 73.2 Å². The van der Waals surface area contributed by atoms with Crippen molar-refractivity contribution in [1.82, 2.24) is 15.1 Å². The number of ether oxygens (including phenoxy) is 1. The van der Waals surface area contributed by atoms with Gasteiger partial charge in [-0.1, -0.05) is 35.3 Å². The van der Waals surface area contributed by atoms with Crippen LogP contribution in [0.25, 0.3) is 6.08 Å². The van der Waals surface area contributed by atoms with Crippen molar-refractivity contribution >= 4 is 41.2 Å². The van der Waals surface area contributed by atoms with Crippen molar-refractivity contribution in [2.75, 3.05) is 6.54 Å². The van der Waals surface area contributed by atoms with Gasteiger partial charge in [-0.3, -0.25) is 9.59 Å². The second kappa shape index (κ2) is 9.58. The highest BCUT2D eigenvalue weighted by molar-refractivity contribution is 6.31. The number of aromatic nitrogens is 2. The molecule has 0 aliphatic rings. The van der Waals surface area contributed by atoms with Crippen LogP contribution in [-0.2, 0) is 20.9 Å². The molecule has 1 amide bonds. The van der Waals surface area contributed by atoms with Crippen molar-refractivity contribution in [1.29, 1.82) is 0 Å². The van der Waals surface area contributed by atoms with E-state index in [1.54, 1.807) is 36.7 Å². The molecule has 0 bridgehead atoms. The van der Waals surface area contributed by atoms with E-state index < -0.39 is 11.9 Å². The molecule has 0 fully saturated rings. The Labute approximate surface area is 168 Å². The van der Waals surface area contributed by atoms with E-state index in [9.17, 15) is 9.59 Å². The zero-order valence-electron chi connectivity index (χ0n) is 15.3. The van der Waals surface area contributed by atoms with Crippen molar-refractivity contribution in [3.05, 3.63) is 57.3 Å². The number of esters is 1. The molecule has 0 unspecified atom stereocenters. The van der Waals surface area contributed by atoms with Crippen molar-refractivity contribution in [3.63, 3.8) is 0 Å². The van der Waals surface area contributed by atoms with Crippen LogP contribution in [0.15, 0.2) is 30.3 Å². The number of nitrogens with one attached hydrogen (secondary N) is 1. The second-order valence-corrected chi connectivity index (χ2v) is 6.96. The molecule has 27 heavy (non-hydrogen) atoms. The number of hydrogen-bond donors (Lipinski definition) is 1. The molecule has 1 aromatic heterocycles. The van der Waals surface area contributed by atoms with Gasteiger partial charge >= 0.3 is 5.97 Å². The number of carbonyl (C=O) groups excluding carboxylic acids is 2. The summed E-state index contributed by atoms with van der Waals surface area (Å²) in [4.78, 5) is 23.3. The van der Waals surface area contributed by atoms with Crippen LogP contribution in [0.2, 0.25) is 10.2 Å². The number of hydrogen-bond acceptors (Lipinski definition) is 4. The minimum absolute atomic E-state index is 0.191. The van der Waals surface area contributed by atoms with Gasteiger partial charge in [-0.05, 0) is 44.5 Å². The Morgan fingerprint density at radius 3 is 2.56 bits per heavy atom. The van der Waals surface area contributed by atoms with Crippen molar-refractivity contribution in [3.8, 4) is 0 Å². The van der Waals surface area contributed by atoms with Gasteiger partial charge in [0.15, 0.2) is 0 Å². The molecule has 0 aliphatic carbocycles. The van der Waals surface area contributed by atoms with E-state index in [1.165, 1.54) is 6.08 Å². The maximum absolute atomic E-state index is 11.9. The first-order valence-corrected chi connectivity index (χ1v) is 9.14. The Morgan fingerprint density at radius 2 is 1.93 bits per heavy atom. The van der Waals surface area contributed by atoms with Crippen LogP contribution < -0.4 is 5.32 Å². The van der Waals surface area contributed by atoms with Crippen molar-refractivity contribution < 1.29 is 14.3 Å². The van der Waals surface area contributed by atoms with Crippen LogP contribution >= 0.6 is 23.2 Å². The summed E-state index contributed by atoms with van der Waals surface area (Å²) in [6.07, 6.45) is 2.66. The molecular formula is C19H21Cl2N3O3. The van der Waals surface area contributed by atoms with E-state index in [2.05, 4.69) is 10.4 Å². The highest BCUT2D eigenvalue weighted by Crippen LogP contribution is 2.22. The van der Waals surface area contributed by atoms with Gasteiger partial charge in [-0.2, -0.15) is 5.10 Å². The van der Waals surface area contributed by atoms with E-state index in [1.807, 2.05) is 19.1 Å². The molecule has 0 radical (unpaired) electrons. The second-order valence-electron chi connectivity index (χ2n) is 6.16. The fraction of sp³-hybridized carbons (Fsp3) is 0.316. The molecule has 1 aromatic carbocycles. The third-order valence-corrected chi connectivity index (χ3v) is 4.18. The average molecular weight is 410 g/mol. The number of rotatable bonds is 7. The standard InChI is InChI=1S/C19H21Cl2N3O3/c1-12(2)27-18(26)10-22-17(25)9-8-16-13(3)23-24(19(16)21)11-14-4-6-15(20)7-5-14/h4-9,12H,10-11H2,1-3H3,(H,22,25)/b9-8+. The third-order valence-electron chi connectivity index (χ3n) is 3.53. The predicted octanol–water partition coefficient (Wildman–Crippen LogP) is 3.63. The van der Waals surface area contributed by atoms with E-state index in [0.717, 1.165) is 5.56 Å². The molecule has 144 valence electrons. The van der Waals surface area contributed by atoms with Gasteiger partial charge < -0.3 is 10.1 Å². The van der Waals surface area contributed by atoms with E-state index >= 15 is 0 Å². The summed E-state index contributed by atoms with van der Waals surface area (Å²) in [5.41, 5.74) is 2.34.